The minimum Gasteiger partial charge on any atom is -0.378 e. The Morgan fingerprint density at radius 2 is 1.56 bits per heavy atom. The molecule has 0 spiro atoms. The van der Waals surface area contributed by atoms with Gasteiger partial charge in [-0.3, -0.25) is 0 Å². The zero-order valence-electron chi connectivity index (χ0n) is 8.03. The summed E-state index contributed by atoms with van der Waals surface area (Å²) >= 11 is 0. The first kappa shape index (κ1) is 13.1. The average Bonchev–Trinajstić information content (AvgIpc) is 2.18. The third kappa shape index (κ3) is 2.42. The summed E-state index contributed by atoms with van der Waals surface area (Å²) in [4.78, 5) is 0.636. The van der Waals surface area contributed by atoms with E-state index in [2.05, 4.69) is 0 Å². The molecule has 0 unspecified atom stereocenters. The lowest BCUT2D eigenvalue weighted by Gasteiger charge is -2.34. The van der Waals surface area contributed by atoms with Gasteiger partial charge in [0, 0.05) is 13.1 Å². The minimum absolute atomic E-state index is 0.00865. The molecule has 0 bridgehead atoms. The molecule has 0 amide bonds. The van der Waals surface area contributed by atoms with E-state index in [-0.39, 0.29) is 26.3 Å². The SMILES string of the molecule is F/C=C(/N1CCOCC1)C(F)(F)C(F)(F)F. The highest BCUT2D eigenvalue weighted by Crippen LogP contribution is 2.42. The normalized spacial score (nSPS) is 20.1. The average molecular weight is 249 g/mol. The van der Waals surface area contributed by atoms with Crippen LogP contribution in [0.4, 0.5) is 26.3 Å². The molecule has 0 aromatic carbocycles. The monoisotopic (exact) mass is 249 g/mol. The van der Waals surface area contributed by atoms with Crippen LogP contribution in [0.1, 0.15) is 0 Å². The zero-order valence-corrected chi connectivity index (χ0v) is 8.03. The van der Waals surface area contributed by atoms with Crippen molar-refractivity contribution in [3.8, 4) is 0 Å². The maximum absolute atomic E-state index is 12.9. The molecular weight excluding hydrogens is 240 g/mol. The summed E-state index contributed by atoms with van der Waals surface area (Å²) < 4.78 is 78.8. The van der Waals surface area contributed by atoms with Crippen LogP contribution in [-0.2, 0) is 4.74 Å². The molecule has 0 aromatic rings. The molecule has 1 fully saturated rings. The molecule has 0 N–H and O–H groups in total. The lowest BCUT2D eigenvalue weighted by molar-refractivity contribution is -0.272. The summed E-state index contributed by atoms with van der Waals surface area (Å²) in [6.07, 6.45) is -6.50. The molecule has 2 nitrogen and oxygen atoms in total. The second kappa shape index (κ2) is 4.52. The molecule has 1 aliphatic rings. The van der Waals surface area contributed by atoms with Crippen molar-refractivity contribution in [3.63, 3.8) is 0 Å². The summed E-state index contributed by atoms with van der Waals surface area (Å²) in [5.41, 5.74) is -1.66. The molecule has 94 valence electrons. The fourth-order valence-electron chi connectivity index (χ4n) is 1.29. The minimum atomic E-state index is -5.80. The van der Waals surface area contributed by atoms with Crippen molar-refractivity contribution >= 4 is 0 Å². The van der Waals surface area contributed by atoms with Crippen molar-refractivity contribution in [2.24, 2.45) is 0 Å². The van der Waals surface area contributed by atoms with Gasteiger partial charge in [0.05, 0.1) is 13.2 Å². The Hall–Kier alpha value is -0.920. The summed E-state index contributed by atoms with van der Waals surface area (Å²) in [6.45, 7) is -0.403. The van der Waals surface area contributed by atoms with Crippen molar-refractivity contribution in [1.82, 2.24) is 4.90 Å². The number of alkyl halides is 5. The standard InChI is InChI=1S/C8H9F6NO/c9-5-6(7(10,11)8(12,13)14)15-1-3-16-4-2-15/h5H,1-4H2/b6-5+. The highest BCUT2D eigenvalue weighted by molar-refractivity contribution is 5.13. The molecule has 1 aliphatic heterocycles. The van der Waals surface area contributed by atoms with Crippen molar-refractivity contribution in [2.45, 2.75) is 12.1 Å². The van der Waals surface area contributed by atoms with E-state index in [9.17, 15) is 26.3 Å². The van der Waals surface area contributed by atoms with Crippen molar-refractivity contribution in [3.05, 3.63) is 12.0 Å². The van der Waals surface area contributed by atoms with E-state index >= 15 is 0 Å². The maximum atomic E-state index is 12.9. The second-order valence-corrected chi connectivity index (χ2v) is 3.17. The molecule has 8 heteroatoms. The van der Waals surface area contributed by atoms with Gasteiger partial charge in [-0.2, -0.15) is 22.0 Å². The molecule has 0 saturated carbocycles. The molecule has 16 heavy (non-hydrogen) atoms. The van der Waals surface area contributed by atoms with E-state index in [1.165, 1.54) is 0 Å². The van der Waals surface area contributed by atoms with Gasteiger partial charge in [-0.05, 0) is 0 Å². The summed E-state index contributed by atoms with van der Waals surface area (Å²) in [6, 6.07) is 0. The molecule has 0 radical (unpaired) electrons. The fourth-order valence-corrected chi connectivity index (χ4v) is 1.29. The predicted molar refractivity (Wildman–Crippen MR) is 42.6 cm³/mol. The molecular formula is C8H9F6NO. The van der Waals surface area contributed by atoms with Gasteiger partial charge < -0.3 is 9.64 Å². The van der Waals surface area contributed by atoms with Gasteiger partial charge in [0.1, 0.15) is 12.0 Å². The van der Waals surface area contributed by atoms with E-state index in [4.69, 9.17) is 4.74 Å². The molecule has 1 saturated heterocycles. The lowest BCUT2D eigenvalue weighted by atomic mass is 10.2. The molecule has 1 rings (SSSR count). The van der Waals surface area contributed by atoms with Gasteiger partial charge in [0.2, 0.25) is 0 Å². The zero-order chi connectivity index (χ0) is 12.4. The van der Waals surface area contributed by atoms with Crippen molar-refractivity contribution in [1.29, 1.82) is 0 Å². The van der Waals surface area contributed by atoms with Crippen LogP contribution >= 0.6 is 0 Å². The summed E-state index contributed by atoms with van der Waals surface area (Å²) in [7, 11) is 0. The van der Waals surface area contributed by atoms with Crippen molar-refractivity contribution < 1.29 is 31.1 Å². The van der Waals surface area contributed by atoms with E-state index in [0.29, 0.717) is 4.90 Å². The van der Waals surface area contributed by atoms with E-state index < -0.39 is 24.1 Å². The Kier molecular flexibility index (Phi) is 3.72. The summed E-state index contributed by atoms with van der Waals surface area (Å²) in [5.74, 6) is -5.18. The second-order valence-electron chi connectivity index (χ2n) is 3.17. The van der Waals surface area contributed by atoms with Crippen LogP contribution in [0, 0.1) is 0 Å². The third-order valence-corrected chi connectivity index (χ3v) is 2.13. The number of hydrogen-bond donors (Lipinski definition) is 0. The van der Waals surface area contributed by atoms with Gasteiger partial charge in [0.25, 0.3) is 0 Å². The molecule has 0 aliphatic carbocycles. The number of rotatable bonds is 2. The van der Waals surface area contributed by atoms with Crippen molar-refractivity contribution in [2.75, 3.05) is 26.3 Å². The quantitative estimate of drug-likeness (QED) is 0.696. The number of morpholine rings is 1. The number of allylic oxidation sites excluding steroid dienone is 1. The van der Waals surface area contributed by atoms with E-state index in [1.807, 2.05) is 0 Å². The summed E-state index contributed by atoms with van der Waals surface area (Å²) in [5, 5.41) is 0. The van der Waals surface area contributed by atoms with Gasteiger partial charge >= 0.3 is 12.1 Å². The highest BCUT2D eigenvalue weighted by Gasteiger charge is 2.61. The number of halogens is 6. The first-order chi connectivity index (χ1) is 7.30. The Morgan fingerprint density at radius 3 is 1.94 bits per heavy atom. The van der Waals surface area contributed by atoms with E-state index in [1.54, 1.807) is 0 Å². The number of nitrogens with zero attached hydrogens (tertiary/aromatic N) is 1. The molecule has 0 aromatic heterocycles. The van der Waals surface area contributed by atoms with Gasteiger partial charge in [-0.1, -0.05) is 0 Å². The Labute approximate surface area is 87.5 Å². The van der Waals surface area contributed by atoms with Crippen LogP contribution in [-0.4, -0.2) is 43.3 Å². The van der Waals surface area contributed by atoms with Crippen LogP contribution in [0.3, 0.4) is 0 Å². The van der Waals surface area contributed by atoms with Crippen LogP contribution in [0.2, 0.25) is 0 Å². The Morgan fingerprint density at radius 1 is 1.06 bits per heavy atom. The first-order valence-electron chi connectivity index (χ1n) is 4.39. The van der Waals surface area contributed by atoms with Crippen LogP contribution in [0.15, 0.2) is 12.0 Å². The predicted octanol–water partition coefficient (Wildman–Crippen LogP) is 2.33. The van der Waals surface area contributed by atoms with E-state index in [0.717, 1.165) is 0 Å². The largest absolute Gasteiger partial charge is 0.459 e. The van der Waals surface area contributed by atoms with Crippen LogP contribution in [0.25, 0.3) is 0 Å². The third-order valence-electron chi connectivity index (χ3n) is 2.13. The van der Waals surface area contributed by atoms with Gasteiger partial charge in [0.15, 0.2) is 0 Å². The topological polar surface area (TPSA) is 12.5 Å². The maximum Gasteiger partial charge on any atom is 0.459 e. The fraction of sp³-hybridized carbons (Fsp3) is 0.750. The number of ether oxygens (including phenoxy) is 1. The highest BCUT2D eigenvalue weighted by atomic mass is 19.4. The van der Waals surface area contributed by atoms with Crippen LogP contribution in [0.5, 0.6) is 0 Å². The molecule has 1 heterocycles. The van der Waals surface area contributed by atoms with Gasteiger partial charge in [-0.15, -0.1) is 0 Å². The van der Waals surface area contributed by atoms with Gasteiger partial charge in [-0.25, -0.2) is 4.39 Å². The molecule has 0 atom stereocenters. The Bertz CT molecular complexity index is 268. The smallest absolute Gasteiger partial charge is 0.378 e. The number of hydrogen-bond acceptors (Lipinski definition) is 2. The lowest BCUT2D eigenvalue weighted by Crippen LogP contribution is -2.48. The first-order valence-corrected chi connectivity index (χ1v) is 4.39. The Balaban J connectivity index is 2.89. The van der Waals surface area contributed by atoms with Crippen LogP contribution < -0.4 is 0 Å².